The first-order valence-electron chi connectivity index (χ1n) is 5.73. The molecule has 0 spiro atoms. The van der Waals surface area contributed by atoms with E-state index in [2.05, 4.69) is 10.3 Å². The van der Waals surface area contributed by atoms with E-state index in [1.165, 1.54) is 0 Å². The number of nitrogens with one attached hydrogen (secondary N) is 1. The fourth-order valence-electron chi connectivity index (χ4n) is 1.45. The highest BCUT2D eigenvalue weighted by atomic mass is 16.6. The molecule has 0 aliphatic carbocycles. The lowest BCUT2D eigenvalue weighted by molar-refractivity contribution is 0.215. The van der Waals surface area contributed by atoms with Crippen LogP contribution in [0, 0.1) is 6.92 Å². The van der Waals surface area contributed by atoms with Crippen LogP contribution in [0.1, 0.15) is 5.56 Å². The summed E-state index contributed by atoms with van der Waals surface area (Å²) in [6.07, 6.45) is 0.949. The molecule has 0 atom stereocenters. The minimum Gasteiger partial charge on any atom is -0.497 e. The first-order valence-corrected chi connectivity index (χ1v) is 5.73. The molecule has 2 rings (SSSR count). The molecule has 19 heavy (non-hydrogen) atoms. The van der Waals surface area contributed by atoms with E-state index in [0.29, 0.717) is 17.3 Å². The second-order valence-electron chi connectivity index (χ2n) is 3.91. The van der Waals surface area contributed by atoms with Crippen molar-refractivity contribution in [2.75, 3.05) is 12.4 Å². The fourth-order valence-corrected chi connectivity index (χ4v) is 1.45. The van der Waals surface area contributed by atoms with Crippen molar-refractivity contribution in [1.82, 2.24) is 4.98 Å². The molecule has 2 aromatic rings. The summed E-state index contributed by atoms with van der Waals surface area (Å²) < 4.78 is 10.2. The molecule has 0 saturated carbocycles. The van der Waals surface area contributed by atoms with Gasteiger partial charge in [0.2, 0.25) is 0 Å². The lowest BCUT2D eigenvalue weighted by Gasteiger charge is -2.07. The van der Waals surface area contributed by atoms with E-state index in [0.717, 1.165) is 5.56 Å². The van der Waals surface area contributed by atoms with Crippen LogP contribution in [-0.2, 0) is 0 Å². The van der Waals surface area contributed by atoms with Gasteiger partial charge in [-0.25, -0.2) is 9.78 Å². The van der Waals surface area contributed by atoms with E-state index < -0.39 is 6.09 Å². The number of amides is 1. The molecule has 0 bridgehead atoms. The molecule has 98 valence electrons. The molecular weight excluding hydrogens is 244 g/mol. The third-order valence-corrected chi connectivity index (χ3v) is 2.43. The van der Waals surface area contributed by atoms with Crippen molar-refractivity contribution in [3.05, 3.63) is 48.2 Å². The number of aryl methyl sites for hydroxylation is 1. The molecule has 1 amide bonds. The van der Waals surface area contributed by atoms with Gasteiger partial charge in [0, 0.05) is 12.3 Å². The molecule has 0 saturated heterocycles. The van der Waals surface area contributed by atoms with Crippen molar-refractivity contribution in [2.24, 2.45) is 0 Å². The zero-order valence-electron chi connectivity index (χ0n) is 10.7. The molecule has 0 aliphatic heterocycles. The highest BCUT2D eigenvalue weighted by Gasteiger charge is 2.06. The molecule has 0 fully saturated rings. The second kappa shape index (κ2) is 5.86. The number of hydrogen-bond acceptors (Lipinski definition) is 4. The zero-order valence-corrected chi connectivity index (χ0v) is 10.7. The van der Waals surface area contributed by atoms with Crippen LogP contribution in [0.4, 0.5) is 10.6 Å². The SMILES string of the molecule is COc1ccnc(NC(=O)Oc2ccc(C)cc2)c1. The highest BCUT2D eigenvalue weighted by molar-refractivity contribution is 5.85. The lowest BCUT2D eigenvalue weighted by atomic mass is 10.2. The average molecular weight is 258 g/mol. The summed E-state index contributed by atoms with van der Waals surface area (Å²) in [6.45, 7) is 1.96. The van der Waals surface area contributed by atoms with Gasteiger partial charge in [-0.2, -0.15) is 0 Å². The first kappa shape index (κ1) is 12.9. The van der Waals surface area contributed by atoms with Crippen LogP contribution in [0.2, 0.25) is 0 Å². The largest absolute Gasteiger partial charge is 0.497 e. The second-order valence-corrected chi connectivity index (χ2v) is 3.91. The van der Waals surface area contributed by atoms with Gasteiger partial charge in [0.25, 0.3) is 0 Å². The lowest BCUT2D eigenvalue weighted by Crippen LogP contribution is -2.17. The van der Waals surface area contributed by atoms with Crippen LogP contribution in [-0.4, -0.2) is 18.2 Å². The zero-order chi connectivity index (χ0) is 13.7. The van der Waals surface area contributed by atoms with Crippen LogP contribution >= 0.6 is 0 Å². The topological polar surface area (TPSA) is 60.5 Å². The van der Waals surface area contributed by atoms with Crippen LogP contribution in [0.25, 0.3) is 0 Å². The summed E-state index contributed by atoms with van der Waals surface area (Å²) in [7, 11) is 1.55. The van der Waals surface area contributed by atoms with Gasteiger partial charge in [0.1, 0.15) is 17.3 Å². The van der Waals surface area contributed by atoms with E-state index in [1.807, 2.05) is 19.1 Å². The summed E-state index contributed by atoms with van der Waals surface area (Å²) >= 11 is 0. The summed E-state index contributed by atoms with van der Waals surface area (Å²) in [6, 6.07) is 10.5. The Bertz CT molecular complexity index is 567. The van der Waals surface area contributed by atoms with Gasteiger partial charge in [-0.3, -0.25) is 5.32 Å². The van der Waals surface area contributed by atoms with E-state index in [-0.39, 0.29) is 0 Å². The van der Waals surface area contributed by atoms with E-state index in [9.17, 15) is 4.79 Å². The van der Waals surface area contributed by atoms with E-state index >= 15 is 0 Å². The number of benzene rings is 1. The van der Waals surface area contributed by atoms with E-state index in [4.69, 9.17) is 9.47 Å². The maximum absolute atomic E-state index is 11.7. The predicted molar refractivity (Wildman–Crippen MR) is 71.6 cm³/mol. The van der Waals surface area contributed by atoms with Gasteiger partial charge in [-0.05, 0) is 25.1 Å². The predicted octanol–water partition coefficient (Wildman–Crippen LogP) is 3.01. The van der Waals surface area contributed by atoms with Gasteiger partial charge >= 0.3 is 6.09 Å². The Morgan fingerprint density at radius 1 is 1.16 bits per heavy atom. The van der Waals surface area contributed by atoms with E-state index in [1.54, 1.807) is 37.6 Å². The van der Waals surface area contributed by atoms with Gasteiger partial charge in [-0.15, -0.1) is 0 Å². The number of carbonyl (C=O) groups is 1. The number of rotatable bonds is 3. The average Bonchev–Trinajstić information content (AvgIpc) is 2.41. The van der Waals surface area contributed by atoms with Gasteiger partial charge in [-0.1, -0.05) is 17.7 Å². The molecule has 1 heterocycles. The molecule has 1 aromatic carbocycles. The Morgan fingerprint density at radius 2 is 1.89 bits per heavy atom. The molecule has 5 heteroatoms. The minimum absolute atomic E-state index is 0.372. The van der Waals surface area contributed by atoms with Crippen LogP contribution in [0.3, 0.4) is 0 Å². The van der Waals surface area contributed by atoms with Crippen molar-refractivity contribution in [3.63, 3.8) is 0 Å². The number of carbonyl (C=O) groups excluding carboxylic acids is 1. The molecule has 0 unspecified atom stereocenters. The summed E-state index contributed by atoms with van der Waals surface area (Å²) in [5.41, 5.74) is 1.10. The fraction of sp³-hybridized carbons (Fsp3) is 0.143. The van der Waals surface area contributed by atoms with Gasteiger partial charge < -0.3 is 9.47 Å². The summed E-state index contributed by atoms with van der Waals surface area (Å²) in [4.78, 5) is 15.6. The van der Waals surface area contributed by atoms with Crippen molar-refractivity contribution in [1.29, 1.82) is 0 Å². The monoisotopic (exact) mass is 258 g/mol. The third kappa shape index (κ3) is 3.70. The minimum atomic E-state index is -0.593. The maximum Gasteiger partial charge on any atom is 0.418 e. The third-order valence-electron chi connectivity index (χ3n) is 2.43. The van der Waals surface area contributed by atoms with Crippen LogP contribution in [0.5, 0.6) is 11.5 Å². The number of pyridine rings is 1. The summed E-state index contributed by atoms with van der Waals surface area (Å²) in [5, 5.41) is 2.53. The van der Waals surface area contributed by atoms with Crippen molar-refractivity contribution in [3.8, 4) is 11.5 Å². The first-order chi connectivity index (χ1) is 9.17. The number of methoxy groups -OCH3 is 1. The quantitative estimate of drug-likeness (QED) is 0.919. The Hall–Kier alpha value is -2.56. The maximum atomic E-state index is 11.7. The number of nitrogens with zero attached hydrogens (tertiary/aromatic N) is 1. The van der Waals surface area contributed by atoms with Crippen molar-refractivity contribution < 1.29 is 14.3 Å². The molecule has 1 N–H and O–H groups in total. The van der Waals surface area contributed by atoms with Gasteiger partial charge in [0.15, 0.2) is 0 Å². The number of ether oxygens (including phenoxy) is 2. The number of hydrogen-bond donors (Lipinski definition) is 1. The van der Waals surface area contributed by atoms with Crippen LogP contribution in [0.15, 0.2) is 42.6 Å². The van der Waals surface area contributed by atoms with Crippen molar-refractivity contribution in [2.45, 2.75) is 6.92 Å². The Morgan fingerprint density at radius 3 is 2.58 bits per heavy atom. The molecule has 0 radical (unpaired) electrons. The normalized spacial score (nSPS) is 9.79. The van der Waals surface area contributed by atoms with Gasteiger partial charge in [0.05, 0.1) is 7.11 Å². The number of anilines is 1. The molecule has 1 aromatic heterocycles. The smallest absolute Gasteiger partial charge is 0.418 e. The van der Waals surface area contributed by atoms with Crippen LogP contribution < -0.4 is 14.8 Å². The number of aromatic nitrogens is 1. The van der Waals surface area contributed by atoms with Crippen molar-refractivity contribution >= 4 is 11.9 Å². The molecular formula is C14H14N2O3. The summed E-state index contributed by atoms with van der Waals surface area (Å²) in [5.74, 6) is 1.46. The Balaban J connectivity index is 1.99. The molecule has 5 nitrogen and oxygen atoms in total. The Kier molecular flexibility index (Phi) is 3.97. The molecule has 0 aliphatic rings. The Labute approximate surface area is 111 Å². The highest BCUT2D eigenvalue weighted by Crippen LogP contribution is 2.15. The standard InChI is InChI=1S/C14H14N2O3/c1-10-3-5-11(6-4-10)19-14(17)16-13-9-12(18-2)7-8-15-13/h3-9H,1-2H3,(H,15,16,17).